The van der Waals surface area contributed by atoms with Crippen LogP contribution in [0.15, 0.2) is 84.0 Å². The fourth-order valence-corrected chi connectivity index (χ4v) is 3.73. The van der Waals surface area contributed by atoms with Gasteiger partial charge in [0.2, 0.25) is 10.0 Å². The lowest BCUT2D eigenvalue weighted by Gasteiger charge is -2.24. The molecule has 0 atom stereocenters. The molecule has 0 saturated carbocycles. The van der Waals surface area contributed by atoms with Crippen molar-refractivity contribution < 1.29 is 18.3 Å². The molecule has 0 aliphatic rings. The van der Waals surface area contributed by atoms with E-state index in [0.717, 1.165) is 11.8 Å². The molecule has 0 fully saturated rings. The van der Waals surface area contributed by atoms with Crippen molar-refractivity contribution in [2.45, 2.75) is 6.54 Å². The molecule has 0 radical (unpaired) electrons. The van der Waals surface area contributed by atoms with E-state index in [1.165, 1.54) is 22.7 Å². The second kappa shape index (κ2) is 9.23. The molecule has 0 aromatic heterocycles. The van der Waals surface area contributed by atoms with E-state index in [4.69, 9.17) is 0 Å². The summed E-state index contributed by atoms with van der Waals surface area (Å²) in [5.41, 5.74) is 4.02. The van der Waals surface area contributed by atoms with Gasteiger partial charge in [-0.3, -0.25) is 9.10 Å². The van der Waals surface area contributed by atoms with E-state index >= 15 is 0 Å². The van der Waals surface area contributed by atoms with Crippen LogP contribution in [0.3, 0.4) is 0 Å². The molecule has 0 saturated heterocycles. The number of phenolic OH excluding ortho intramolecular Hbond substituents is 1. The standard InChI is InChI=1S/C22H21N3O4S/c1-30(28,29)25(16-17-9-3-2-4-10-17)20-13-7-6-12-19(20)22(27)24-23-15-18-11-5-8-14-21(18)26/h2-15,26H,16H2,1H3,(H,24,27)/b23-15+. The van der Waals surface area contributed by atoms with Crippen LogP contribution in [-0.2, 0) is 16.6 Å². The molecule has 0 heterocycles. The number of nitrogens with one attached hydrogen (secondary N) is 1. The molecule has 8 heteroatoms. The molecular formula is C22H21N3O4S. The minimum Gasteiger partial charge on any atom is -0.507 e. The number of carbonyl (C=O) groups excluding carboxylic acids is 1. The molecule has 0 unspecified atom stereocenters. The summed E-state index contributed by atoms with van der Waals surface area (Å²) in [6.07, 6.45) is 2.41. The summed E-state index contributed by atoms with van der Waals surface area (Å²) in [5.74, 6) is -0.541. The highest BCUT2D eigenvalue weighted by Crippen LogP contribution is 2.25. The van der Waals surface area contributed by atoms with Crippen LogP contribution < -0.4 is 9.73 Å². The van der Waals surface area contributed by atoms with E-state index in [-0.39, 0.29) is 23.5 Å². The van der Waals surface area contributed by atoms with Crippen LogP contribution in [0, 0.1) is 0 Å². The van der Waals surface area contributed by atoms with E-state index in [1.807, 2.05) is 30.3 Å². The van der Waals surface area contributed by atoms with Crippen molar-refractivity contribution in [2.24, 2.45) is 5.10 Å². The van der Waals surface area contributed by atoms with Crippen molar-refractivity contribution in [3.05, 3.63) is 95.6 Å². The average Bonchev–Trinajstić information content (AvgIpc) is 2.73. The Morgan fingerprint density at radius 1 is 1.00 bits per heavy atom. The summed E-state index contributed by atoms with van der Waals surface area (Å²) < 4.78 is 26.2. The minimum atomic E-state index is -3.66. The predicted octanol–water partition coefficient (Wildman–Crippen LogP) is 3.12. The molecule has 3 aromatic rings. The third kappa shape index (κ3) is 5.24. The van der Waals surface area contributed by atoms with Crippen molar-refractivity contribution >= 4 is 27.8 Å². The lowest BCUT2D eigenvalue weighted by atomic mass is 10.1. The van der Waals surface area contributed by atoms with E-state index in [9.17, 15) is 18.3 Å². The monoisotopic (exact) mass is 423 g/mol. The fraction of sp³-hybridized carbons (Fsp3) is 0.0909. The van der Waals surface area contributed by atoms with Gasteiger partial charge in [0.25, 0.3) is 5.91 Å². The van der Waals surface area contributed by atoms with Crippen LogP contribution in [0.5, 0.6) is 5.75 Å². The number of phenols is 1. The van der Waals surface area contributed by atoms with E-state index in [1.54, 1.807) is 36.4 Å². The number of hydrazone groups is 1. The average molecular weight is 423 g/mol. The number of aromatic hydroxyl groups is 1. The summed E-state index contributed by atoms with van der Waals surface area (Å²) in [6, 6.07) is 22.1. The van der Waals surface area contributed by atoms with Crippen LogP contribution in [0.25, 0.3) is 0 Å². The van der Waals surface area contributed by atoms with E-state index < -0.39 is 15.9 Å². The van der Waals surface area contributed by atoms with Gasteiger partial charge >= 0.3 is 0 Å². The molecule has 1 amide bonds. The first-order valence-electron chi connectivity index (χ1n) is 9.08. The number of para-hydroxylation sites is 2. The van der Waals surface area contributed by atoms with Crippen molar-refractivity contribution in [3.63, 3.8) is 0 Å². The van der Waals surface area contributed by atoms with E-state index in [0.29, 0.717) is 5.56 Å². The molecule has 2 N–H and O–H groups in total. The number of anilines is 1. The van der Waals surface area contributed by atoms with Gasteiger partial charge in [-0.15, -0.1) is 0 Å². The van der Waals surface area contributed by atoms with Crippen LogP contribution in [0.1, 0.15) is 21.5 Å². The Morgan fingerprint density at radius 2 is 1.63 bits per heavy atom. The first-order chi connectivity index (χ1) is 14.4. The Bertz CT molecular complexity index is 1160. The number of sulfonamides is 1. The molecule has 0 aliphatic carbocycles. The number of amides is 1. The van der Waals surface area contributed by atoms with Gasteiger partial charge in [0.05, 0.1) is 30.3 Å². The Labute approximate surface area is 175 Å². The lowest BCUT2D eigenvalue weighted by Crippen LogP contribution is -2.32. The number of benzene rings is 3. The van der Waals surface area contributed by atoms with Crippen LogP contribution in [-0.4, -0.2) is 31.9 Å². The summed E-state index contributed by atoms with van der Waals surface area (Å²) in [5, 5.41) is 13.6. The largest absolute Gasteiger partial charge is 0.507 e. The maximum atomic E-state index is 12.7. The first-order valence-corrected chi connectivity index (χ1v) is 10.9. The van der Waals surface area contributed by atoms with Crippen LogP contribution >= 0.6 is 0 Å². The highest BCUT2D eigenvalue weighted by molar-refractivity contribution is 7.92. The third-order valence-electron chi connectivity index (χ3n) is 4.29. The lowest BCUT2D eigenvalue weighted by molar-refractivity contribution is 0.0955. The smallest absolute Gasteiger partial charge is 0.273 e. The summed E-state index contributed by atoms with van der Waals surface area (Å²) in [6.45, 7) is 0.0884. The molecule has 30 heavy (non-hydrogen) atoms. The molecule has 154 valence electrons. The molecule has 0 aliphatic heterocycles. The molecule has 0 bridgehead atoms. The van der Waals surface area contributed by atoms with Crippen molar-refractivity contribution in [1.82, 2.24) is 5.43 Å². The van der Waals surface area contributed by atoms with E-state index in [2.05, 4.69) is 10.5 Å². The topological polar surface area (TPSA) is 99.1 Å². The van der Waals surface area contributed by atoms with Crippen molar-refractivity contribution in [3.8, 4) is 5.75 Å². The number of rotatable bonds is 7. The summed E-state index contributed by atoms with van der Waals surface area (Å²) >= 11 is 0. The van der Waals surface area contributed by atoms with Gasteiger partial charge in [-0.1, -0.05) is 54.6 Å². The summed E-state index contributed by atoms with van der Waals surface area (Å²) in [4.78, 5) is 12.7. The van der Waals surface area contributed by atoms with Crippen molar-refractivity contribution in [1.29, 1.82) is 0 Å². The Kier molecular flexibility index (Phi) is 6.48. The molecule has 0 spiro atoms. The fourth-order valence-electron chi connectivity index (χ4n) is 2.83. The zero-order valence-corrected chi connectivity index (χ0v) is 17.1. The Hall–Kier alpha value is -3.65. The number of hydrogen-bond donors (Lipinski definition) is 2. The summed E-state index contributed by atoms with van der Waals surface area (Å²) in [7, 11) is -3.66. The number of hydrogen-bond acceptors (Lipinski definition) is 5. The maximum Gasteiger partial charge on any atom is 0.273 e. The van der Waals surface area contributed by atoms with Gasteiger partial charge in [0.1, 0.15) is 5.75 Å². The second-order valence-electron chi connectivity index (χ2n) is 6.53. The second-order valence-corrected chi connectivity index (χ2v) is 8.44. The van der Waals surface area contributed by atoms with Gasteiger partial charge in [-0.2, -0.15) is 5.10 Å². The van der Waals surface area contributed by atoms with Gasteiger partial charge in [-0.25, -0.2) is 13.8 Å². The normalized spacial score (nSPS) is 11.4. The van der Waals surface area contributed by atoms with Crippen LogP contribution in [0.2, 0.25) is 0 Å². The third-order valence-corrected chi connectivity index (χ3v) is 5.42. The first kappa shape index (κ1) is 21.1. The SMILES string of the molecule is CS(=O)(=O)N(Cc1ccccc1)c1ccccc1C(=O)N/N=C/c1ccccc1O. The number of carbonyl (C=O) groups is 1. The zero-order chi connectivity index (χ0) is 21.6. The highest BCUT2D eigenvalue weighted by Gasteiger charge is 2.23. The zero-order valence-electron chi connectivity index (χ0n) is 16.3. The predicted molar refractivity (Wildman–Crippen MR) is 117 cm³/mol. The Balaban J connectivity index is 1.87. The highest BCUT2D eigenvalue weighted by atomic mass is 32.2. The van der Waals surface area contributed by atoms with Crippen molar-refractivity contribution in [2.75, 3.05) is 10.6 Å². The van der Waals surface area contributed by atoms with Crippen LogP contribution in [0.4, 0.5) is 5.69 Å². The molecular weight excluding hydrogens is 402 g/mol. The minimum absolute atomic E-state index is 0.0296. The molecule has 3 aromatic carbocycles. The molecule has 7 nitrogen and oxygen atoms in total. The maximum absolute atomic E-state index is 12.7. The quantitative estimate of drug-likeness (QED) is 0.451. The van der Waals surface area contributed by atoms with Gasteiger partial charge in [0, 0.05) is 5.56 Å². The molecule has 3 rings (SSSR count). The number of nitrogens with zero attached hydrogens (tertiary/aromatic N) is 2. The van der Waals surface area contributed by atoms with Gasteiger partial charge < -0.3 is 5.11 Å². The Morgan fingerprint density at radius 3 is 2.33 bits per heavy atom. The van der Waals surface area contributed by atoms with Gasteiger partial charge in [0.15, 0.2) is 0 Å². The van der Waals surface area contributed by atoms with Gasteiger partial charge in [-0.05, 0) is 29.8 Å².